The zero-order valence-electron chi connectivity index (χ0n) is 19.6. The van der Waals surface area contributed by atoms with E-state index in [0.29, 0.717) is 11.1 Å². The molecule has 0 aliphatic carbocycles. The fourth-order valence-electron chi connectivity index (χ4n) is 4.38. The second-order valence-corrected chi connectivity index (χ2v) is 8.95. The first-order chi connectivity index (χ1) is 17.9. The highest BCUT2D eigenvalue weighted by atomic mass is 35.5. The van der Waals surface area contributed by atoms with Crippen LogP contribution in [0.3, 0.4) is 0 Å². The number of halogens is 1. The number of para-hydroxylation sites is 1. The van der Waals surface area contributed by atoms with Crippen molar-refractivity contribution in [3.8, 4) is 0 Å². The molecule has 1 aliphatic heterocycles. The number of hydrogen-bond donors (Lipinski definition) is 2. The van der Waals surface area contributed by atoms with Gasteiger partial charge in [0.15, 0.2) is 0 Å². The molecule has 186 valence electrons. The predicted octanol–water partition coefficient (Wildman–Crippen LogP) is 4.00. The molecule has 0 bridgehead atoms. The van der Waals surface area contributed by atoms with Crippen molar-refractivity contribution in [1.82, 2.24) is 15.2 Å². The summed E-state index contributed by atoms with van der Waals surface area (Å²) in [5.41, 5.74) is 2.59. The molecule has 0 fully saturated rings. The number of amides is 3. The molecule has 9 heteroatoms. The molecule has 1 atom stereocenters. The number of hydrogen-bond acceptors (Lipinski definition) is 5. The first kappa shape index (κ1) is 24.3. The fraction of sp³-hybridized carbons (Fsp3) is 0.143. The van der Waals surface area contributed by atoms with E-state index in [9.17, 15) is 19.2 Å². The minimum atomic E-state index is -1.04. The SMILES string of the molecule is O=C(NC(Cc1c[nH]c2ccccc12)C(=O)OCCN1C(=O)c2ccccc2C1=O)c1ccccc1Cl. The van der Waals surface area contributed by atoms with Crippen molar-refractivity contribution in [2.75, 3.05) is 13.2 Å². The van der Waals surface area contributed by atoms with Crippen molar-refractivity contribution in [3.63, 3.8) is 0 Å². The number of nitrogens with zero attached hydrogens (tertiary/aromatic N) is 1. The summed E-state index contributed by atoms with van der Waals surface area (Å²) < 4.78 is 5.45. The molecule has 3 aromatic carbocycles. The molecular weight excluding hydrogens is 494 g/mol. The average molecular weight is 516 g/mol. The maximum atomic E-state index is 13.1. The van der Waals surface area contributed by atoms with E-state index in [2.05, 4.69) is 10.3 Å². The Balaban J connectivity index is 1.30. The summed E-state index contributed by atoms with van der Waals surface area (Å²) in [6.45, 7) is -0.312. The van der Waals surface area contributed by atoms with Gasteiger partial charge in [0.1, 0.15) is 12.6 Å². The molecule has 0 saturated heterocycles. The monoisotopic (exact) mass is 515 g/mol. The second-order valence-electron chi connectivity index (χ2n) is 8.54. The zero-order valence-corrected chi connectivity index (χ0v) is 20.3. The minimum absolute atomic E-state index is 0.101. The average Bonchev–Trinajstić information content (AvgIpc) is 3.42. The van der Waals surface area contributed by atoms with Crippen LogP contribution >= 0.6 is 11.6 Å². The van der Waals surface area contributed by atoms with Gasteiger partial charge in [-0.05, 0) is 35.9 Å². The normalized spacial score (nSPS) is 13.5. The molecule has 2 heterocycles. The molecule has 37 heavy (non-hydrogen) atoms. The number of benzene rings is 3. The summed E-state index contributed by atoms with van der Waals surface area (Å²) in [5.74, 6) is -2.08. The van der Waals surface area contributed by atoms with Crippen molar-refractivity contribution < 1.29 is 23.9 Å². The van der Waals surface area contributed by atoms with Gasteiger partial charge < -0.3 is 15.0 Å². The summed E-state index contributed by atoms with van der Waals surface area (Å²) in [6.07, 6.45) is 1.94. The van der Waals surface area contributed by atoms with Crippen molar-refractivity contribution in [1.29, 1.82) is 0 Å². The Labute approximate surface area is 217 Å². The third-order valence-electron chi connectivity index (χ3n) is 6.24. The Bertz CT molecular complexity index is 1490. The van der Waals surface area contributed by atoms with Gasteiger partial charge in [-0.2, -0.15) is 0 Å². The van der Waals surface area contributed by atoms with Gasteiger partial charge in [-0.25, -0.2) is 4.79 Å². The second kappa shape index (κ2) is 10.3. The highest BCUT2D eigenvalue weighted by molar-refractivity contribution is 6.33. The quantitative estimate of drug-likeness (QED) is 0.272. The Morgan fingerprint density at radius 3 is 2.30 bits per heavy atom. The van der Waals surface area contributed by atoms with Gasteiger partial charge in [-0.15, -0.1) is 0 Å². The lowest BCUT2D eigenvalue weighted by Crippen LogP contribution is -2.44. The summed E-state index contributed by atoms with van der Waals surface area (Å²) in [5, 5.41) is 3.90. The number of esters is 1. The number of nitrogens with one attached hydrogen (secondary N) is 2. The van der Waals surface area contributed by atoms with Gasteiger partial charge in [0.05, 0.1) is 28.3 Å². The number of ether oxygens (including phenoxy) is 1. The first-order valence-electron chi connectivity index (χ1n) is 11.7. The molecule has 3 amide bonds. The van der Waals surface area contributed by atoms with E-state index in [1.807, 2.05) is 24.3 Å². The summed E-state index contributed by atoms with van der Waals surface area (Å²) in [6, 6.07) is 19.7. The van der Waals surface area contributed by atoms with E-state index < -0.39 is 29.7 Å². The Hall–Kier alpha value is -4.43. The largest absolute Gasteiger partial charge is 0.462 e. The van der Waals surface area contributed by atoms with Crippen LogP contribution in [-0.4, -0.2) is 52.8 Å². The molecule has 1 unspecified atom stereocenters. The lowest BCUT2D eigenvalue weighted by atomic mass is 10.0. The van der Waals surface area contributed by atoms with Crippen LogP contribution < -0.4 is 5.32 Å². The molecule has 0 saturated carbocycles. The summed E-state index contributed by atoms with van der Waals surface area (Å²) in [7, 11) is 0. The van der Waals surface area contributed by atoms with Gasteiger partial charge >= 0.3 is 5.97 Å². The van der Waals surface area contributed by atoms with Gasteiger partial charge in [-0.1, -0.05) is 54.1 Å². The number of aromatic nitrogens is 1. The molecular formula is C28H22ClN3O5. The Kier molecular flexibility index (Phi) is 6.74. The van der Waals surface area contributed by atoms with Crippen molar-refractivity contribution in [2.45, 2.75) is 12.5 Å². The molecule has 8 nitrogen and oxygen atoms in total. The highest BCUT2D eigenvalue weighted by Crippen LogP contribution is 2.23. The van der Waals surface area contributed by atoms with Crippen molar-refractivity contribution >= 4 is 46.2 Å². The number of aromatic amines is 1. The van der Waals surface area contributed by atoms with Crippen LogP contribution in [0.15, 0.2) is 79.0 Å². The molecule has 1 aromatic heterocycles. The van der Waals surface area contributed by atoms with Gasteiger partial charge in [0, 0.05) is 23.5 Å². The number of carbonyl (C=O) groups excluding carboxylic acids is 4. The lowest BCUT2D eigenvalue weighted by Gasteiger charge is -2.19. The molecule has 0 spiro atoms. The number of fused-ring (bicyclic) bond motifs is 2. The van der Waals surface area contributed by atoms with Crippen LogP contribution in [0.25, 0.3) is 10.9 Å². The maximum Gasteiger partial charge on any atom is 0.329 e. The van der Waals surface area contributed by atoms with Crippen LogP contribution in [0, 0.1) is 0 Å². The third kappa shape index (κ3) is 4.83. The van der Waals surface area contributed by atoms with Crippen molar-refractivity contribution in [2.24, 2.45) is 0 Å². The van der Waals surface area contributed by atoms with E-state index in [-0.39, 0.29) is 30.2 Å². The van der Waals surface area contributed by atoms with Crippen LogP contribution in [0.5, 0.6) is 0 Å². The van der Waals surface area contributed by atoms with Crippen LogP contribution in [0.1, 0.15) is 36.6 Å². The number of rotatable bonds is 8. The van der Waals surface area contributed by atoms with Gasteiger partial charge in [0.25, 0.3) is 17.7 Å². The predicted molar refractivity (Wildman–Crippen MR) is 137 cm³/mol. The topological polar surface area (TPSA) is 109 Å². The first-order valence-corrected chi connectivity index (χ1v) is 12.0. The Morgan fingerprint density at radius 2 is 1.57 bits per heavy atom. The molecule has 5 rings (SSSR count). The maximum absolute atomic E-state index is 13.1. The molecule has 4 aromatic rings. The van der Waals surface area contributed by atoms with E-state index in [1.54, 1.807) is 54.7 Å². The van der Waals surface area contributed by atoms with Gasteiger partial charge in [-0.3, -0.25) is 19.3 Å². The van der Waals surface area contributed by atoms with E-state index in [0.717, 1.165) is 21.4 Å². The standard InChI is InChI=1S/C28H22ClN3O5/c29-22-11-5-3-10-21(22)25(33)31-24(15-17-16-30-23-12-6-4-7-18(17)23)28(36)37-14-13-32-26(34)19-8-1-2-9-20(19)27(32)35/h1-12,16,24,30H,13-15H2,(H,31,33). The minimum Gasteiger partial charge on any atom is -0.462 e. The van der Waals surface area contributed by atoms with E-state index >= 15 is 0 Å². The smallest absolute Gasteiger partial charge is 0.329 e. The van der Waals surface area contributed by atoms with Crippen LogP contribution in [0.4, 0.5) is 0 Å². The van der Waals surface area contributed by atoms with Crippen LogP contribution in [-0.2, 0) is 16.0 Å². The van der Waals surface area contributed by atoms with Crippen LogP contribution in [0.2, 0.25) is 5.02 Å². The number of H-pyrrole nitrogens is 1. The Morgan fingerprint density at radius 1 is 0.919 bits per heavy atom. The molecule has 2 N–H and O–H groups in total. The summed E-state index contributed by atoms with van der Waals surface area (Å²) >= 11 is 6.17. The molecule has 1 aliphatic rings. The van der Waals surface area contributed by atoms with Crippen molar-refractivity contribution in [3.05, 3.63) is 106 Å². The van der Waals surface area contributed by atoms with Gasteiger partial charge in [0.2, 0.25) is 0 Å². The number of carbonyl (C=O) groups is 4. The zero-order chi connectivity index (χ0) is 25.9. The number of imide groups is 1. The molecule has 0 radical (unpaired) electrons. The van der Waals surface area contributed by atoms with E-state index in [4.69, 9.17) is 16.3 Å². The fourth-order valence-corrected chi connectivity index (χ4v) is 4.60. The highest BCUT2D eigenvalue weighted by Gasteiger charge is 2.35. The summed E-state index contributed by atoms with van der Waals surface area (Å²) in [4.78, 5) is 55.5. The van der Waals surface area contributed by atoms with E-state index in [1.165, 1.54) is 0 Å². The third-order valence-corrected chi connectivity index (χ3v) is 6.57. The lowest BCUT2D eigenvalue weighted by molar-refractivity contribution is -0.146.